The molecule has 1 aromatic heterocycles. The average Bonchev–Trinajstić information content (AvgIpc) is 2.99. The number of benzene rings is 1. The van der Waals surface area contributed by atoms with E-state index in [-0.39, 0.29) is 34.1 Å². The molecular weight excluding hydrogens is 376 g/mol. The van der Waals surface area contributed by atoms with Crippen LogP contribution in [0.4, 0.5) is 5.88 Å². The lowest BCUT2D eigenvalue weighted by molar-refractivity contribution is 0.101. The zero-order chi connectivity index (χ0) is 21.6. The van der Waals surface area contributed by atoms with Gasteiger partial charge in [-0.3, -0.25) is 14.9 Å². The Morgan fingerprint density at radius 1 is 1.07 bits per heavy atom. The maximum Gasteiger partial charge on any atom is 0.258 e. The van der Waals surface area contributed by atoms with Gasteiger partial charge in [0.05, 0.1) is 25.4 Å². The summed E-state index contributed by atoms with van der Waals surface area (Å²) in [5, 5.41) is 12.0. The van der Waals surface area contributed by atoms with Gasteiger partial charge in [0.15, 0.2) is 17.3 Å². The SMILES string of the molecule is CCOc1cc(C(=O)Nc2oc(C)c(C(C)=O)c2C#N)cc(OCC)c1OCC. The first kappa shape index (κ1) is 21.8. The number of hydrogen-bond acceptors (Lipinski definition) is 7. The molecule has 0 bridgehead atoms. The highest BCUT2D eigenvalue weighted by Gasteiger charge is 2.24. The molecule has 2 aromatic rings. The van der Waals surface area contributed by atoms with E-state index in [2.05, 4.69) is 5.32 Å². The number of aryl methyl sites for hydroxylation is 1. The van der Waals surface area contributed by atoms with Gasteiger partial charge >= 0.3 is 0 Å². The lowest BCUT2D eigenvalue weighted by Crippen LogP contribution is -2.14. The molecule has 0 fully saturated rings. The molecule has 0 saturated heterocycles. The monoisotopic (exact) mass is 400 g/mol. The van der Waals surface area contributed by atoms with Gasteiger partial charge in [0.2, 0.25) is 11.6 Å². The summed E-state index contributed by atoms with van der Waals surface area (Å²) in [4.78, 5) is 24.6. The minimum atomic E-state index is -0.546. The van der Waals surface area contributed by atoms with Gasteiger partial charge < -0.3 is 18.6 Å². The first-order chi connectivity index (χ1) is 13.9. The predicted octanol–water partition coefficient (Wildman–Crippen LogP) is 4.11. The van der Waals surface area contributed by atoms with E-state index in [1.807, 2.05) is 26.8 Å². The zero-order valence-corrected chi connectivity index (χ0v) is 17.2. The quantitative estimate of drug-likeness (QED) is 0.631. The summed E-state index contributed by atoms with van der Waals surface area (Å²) < 4.78 is 22.3. The molecule has 1 heterocycles. The molecule has 0 atom stereocenters. The molecule has 0 radical (unpaired) electrons. The van der Waals surface area contributed by atoms with E-state index in [0.717, 1.165) is 0 Å². The van der Waals surface area contributed by atoms with Crippen molar-refractivity contribution in [2.45, 2.75) is 34.6 Å². The molecule has 0 unspecified atom stereocenters. The van der Waals surface area contributed by atoms with Crippen LogP contribution in [0.25, 0.3) is 0 Å². The molecule has 29 heavy (non-hydrogen) atoms. The number of nitriles is 1. The fraction of sp³-hybridized carbons (Fsp3) is 0.381. The van der Waals surface area contributed by atoms with E-state index in [0.29, 0.717) is 37.1 Å². The number of ether oxygens (including phenoxy) is 3. The van der Waals surface area contributed by atoms with Crippen LogP contribution in [0.15, 0.2) is 16.5 Å². The van der Waals surface area contributed by atoms with Gasteiger partial charge in [-0.2, -0.15) is 5.26 Å². The summed E-state index contributed by atoms with van der Waals surface area (Å²) in [6.07, 6.45) is 0. The van der Waals surface area contributed by atoms with Crippen LogP contribution in [0.5, 0.6) is 17.2 Å². The van der Waals surface area contributed by atoms with E-state index < -0.39 is 5.91 Å². The van der Waals surface area contributed by atoms with Crippen LogP contribution in [0.1, 0.15) is 59.7 Å². The number of nitrogens with one attached hydrogen (secondary N) is 1. The molecule has 8 heteroatoms. The van der Waals surface area contributed by atoms with Crippen molar-refractivity contribution in [3.8, 4) is 23.3 Å². The van der Waals surface area contributed by atoms with Crippen molar-refractivity contribution in [2.75, 3.05) is 25.1 Å². The van der Waals surface area contributed by atoms with Crippen LogP contribution >= 0.6 is 0 Å². The summed E-state index contributed by atoms with van der Waals surface area (Å²) in [5.74, 6) is 0.471. The molecule has 0 aliphatic rings. The van der Waals surface area contributed by atoms with Gasteiger partial charge in [0, 0.05) is 5.56 Å². The molecule has 1 N–H and O–H groups in total. The van der Waals surface area contributed by atoms with Crippen molar-refractivity contribution < 1.29 is 28.2 Å². The van der Waals surface area contributed by atoms with Crippen LogP contribution < -0.4 is 19.5 Å². The van der Waals surface area contributed by atoms with Gasteiger partial charge in [-0.05, 0) is 46.8 Å². The van der Waals surface area contributed by atoms with Crippen LogP contribution in [0.3, 0.4) is 0 Å². The molecule has 0 saturated carbocycles. The number of ketones is 1. The Hall–Kier alpha value is -3.47. The normalized spacial score (nSPS) is 10.2. The van der Waals surface area contributed by atoms with Crippen molar-refractivity contribution in [3.05, 3.63) is 34.6 Å². The predicted molar refractivity (Wildman–Crippen MR) is 106 cm³/mol. The Morgan fingerprint density at radius 2 is 1.62 bits per heavy atom. The first-order valence-corrected chi connectivity index (χ1v) is 9.29. The largest absolute Gasteiger partial charge is 0.490 e. The molecule has 0 aliphatic heterocycles. The lowest BCUT2D eigenvalue weighted by atomic mass is 10.1. The Morgan fingerprint density at radius 3 is 2.07 bits per heavy atom. The number of carbonyl (C=O) groups excluding carboxylic acids is 2. The molecule has 2 rings (SSSR count). The van der Waals surface area contributed by atoms with Gasteiger partial charge in [0.1, 0.15) is 17.4 Å². The van der Waals surface area contributed by atoms with Crippen molar-refractivity contribution in [3.63, 3.8) is 0 Å². The minimum Gasteiger partial charge on any atom is -0.490 e. The highest BCUT2D eigenvalue weighted by atomic mass is 16.5. The van der Waals surface area contributed by atoms with Crippen molar-refractivity contribution in [1.29, 1.82) is 5.26 Å². The summed E-state index contributed by atoms with van der Waals surface area (Å²) in [6.45, 7) is 9.50. The average molecular weight is 400 g/mol. The Labute approximate surface area is 169 Å². The first-order valence-electron chi connectivity index (χ1n) is 9.29. The fourth-order valence-corrected chi connectivity index (χ4v) is 2.86. The second-order valence-corrected chi connectivity index (χ2v) is 5.96. The Bertz CT molecular complexity index is 928. The van der Waals surface area contributed by atoms with Gasteiger partial charge in [0.25, 0.3) is 5.91 Å². The van der Waals surface area contributed by atoms with E-state index >= 15 is 0 Å². The second-order valence-electron chi connectivity index (χ2n) is 5.96. The molecule has 1 amide bonds. The standard InChI is InChI=1S/C21H24N2O6/c1-6-26-16-9-14(10-17(27-7-2)19(16)28-8-3)20(25)23-21-15(11-22)18(12(4)24)13(5)29-21/h9-10H,6-8H2,1-5H3,(H,23,25). The van der Waals surface area contributed by atoms with Crippen LogP contribution in [-0.2, 0) is 0 Å². The maximum absolute atomic E-state index is 12.8. The van der Waals surface area contributed by atoms with E-state index in [1.54, 1.807) is 6.92 Å². The summed E-state index contributed by atoms with van der Waals surface area (Å²) in [7, 11) is 0. The third-order valence-corrected chi connectivity index (χ3v) is 3.95. The number of furan rings is 1. The highest BCUT2D eigenvalue weighted by Crippen LogP contribution is 2.39. The zero-order valence-electron chi connectivity index (χ0n) is 17.2. The number of nitrogens with zero attached hydrogens (tertiary/aromatic N) is 1. The molecule has 8 nitrogen and oxygen atoms in total. The summed E-state index contributed by atoms with van der Waals surface area (Å²) >= 11 is 0. The van der Waals surface area contributed by atoms with Crippen molar-refractivity contribution in [1.82, 2.24) is 0 Å². The maximum atomic E-state index is 12.8. The number of rotatable bonds is 9. The lowest BCUT2D eigenvalue weighted by Gasteiger charge is -2.17. The van der Waals surface area contributed by atoms with E-state index in [9.17, 15) is 14.9 Å². The van der Waals surface area contributed by atoms with Crippen LogP contribution in [-0.4, -0.2) is 31.5 Å². The number of amides is 1. The Kier molecular flexibility index (Phi) is 7.26. The molecule has 0 spiro atoms. The van der Waals surface area contributed by atoms with Gasteiger partial charge in [-0.25, -0.2) is 0 Å². The van der Waals surface area contributed by atoms with E-state index in [1.165, 1.54) is 19.1 Å². The number of carbonyl (C=O) groups is 2. The summed E-state index contributed by atoms with van der Waals surface area (Å²) in [6, 6.07) is 4.97. The smallest absolute Gasteiger partial charge is 0.258 e. The second kappa shape index (κ2) is 9.64. The van der Waals surface area contributed by atoms with Gasteiger partial charge in [-0.15, -0.1) is 0 Å². The van der Waals surface area contributed by atoms with Crippen LogP contribution in [0.2, 0.25) is 0 Å². The highest BCUT2D eigenvalue weighted by molar-refractivity contribution is 6.06. The van der Waals surface area contributed by atoms with Crippen molar-refractivity contribution >= 4 is 17.6 Å². The molecule has 154 valence electrons. The number of Topliss-reactive ketones (excluding diaryl/α,β-unsaturated/α-hetero) is 1. The van der Waals surface area contributed by atoms with E-state index in [4.69, 9.17) is 18.6 Å². The number of hydrogen-bond donors (Lipinski definition) is 1. The van der Waals surface area contributed by atoms with Crippen molar-refractivity contribution in [2.24, 2.45) is 0 Å². The molecular formula is C21H24N2O6. The topological polar surface area (TPSA) is 111 Å². The van der Waals surface area contributed by atoms with Crippen LogP contribution in [0, 0.1) is 18.3 Å². The fourth-order valence-electron chi connectivity index (χ4n) is 2.86. The molecule has 0 aliphatic carbocycles. The number of anilines is 1. The third kappa shape index (κ3) is 4.69. The minimum absolute atomic E-state index is 0.00986. The Balaban J connectivity index is 2.47. The summed E-state index contributed by atoms with van der Waals surface area (Å²) in [5.41, 5.74) is 0.367. The van der Waals surface area contributed by atoms with Gasteiger partial charge in [-0.1, -0.05) is 0 Å². The molecule has 1 aromatic carbocycles. The third-order valence-electron chi connectivity index (χ3n) is 3.95.